The predicted molar refractivity (Wildman–Crippen MR) is 78.5 cm³/mol. The standard InChI is InChI=1S/C13H10N4O4S/c1-2-16-9-4-3-8(17(19)20)7-11(9)22-13(16)15-12(18)10-5-6-14-21-10/h3-7H,2H2,1H3. The van der Waals surface area contributed by atoms with Gasteiger partial charge in [-0.1, -0.05) is 16.5 Å². The minimum absolute atomic E-state index is 0.00474. The van der Waals surface area contributed by atoms with Crippen molar-refractivity contribution in [3.63, 3.8) is 0 Å². The second-order valence-electron chi connectivity index (χ2n) is 4.33. The number of benzene rings is 1. The van der Waals surface area contributed by atoms with E-state index < -0.39 is 10.8 Å². The Morgan fingerprint density at radius 3 is 2.95 bits per heavy atom. The first-order valence-corrected chi connectivity index (χ1v) is 7.19. The fraction of sp³-hybridized carbons (Fsp3) is 0.154. The summed E-state index contributed by atoms with van der Waals surface area (Å²) >= 11 is 1.21. The molecule has 0 spiro atoms. The molecule has 0 N–H and O–H groups in total. The van der Waals surface area contributed by atoms with Crippen LogP contribution in [0.2, 0.25) is 0 Å². The van der Waals surface area contributed by atoms with E-state index in [1.165, 1.54) is 35.7 Å². The highest BCUT2D eigenvalue weighted by atomic mass is 32.1. The van der Waals surface area contributed by atoms with Gasteiger partial charge in [-0.05, 0) is 13.0 Å². The molecule has 0 saturated heterocycles. The Labute approximate surface area is 127 Å². The number of rotatable bonds is 3. The van der Waals surface area contributed by atoms with Crippen LogP contribution in [0.5, 0.6) is 0 Å². The molecule has 0 radical (unpaired) electrons. The van der Waals surface area contributed by atoms with Crippen molar-refractivity contribution in [1.82, 2.24) is 9.72 Å². The van der Waals surface area contributed by atoms with Gasteiger partial charge in [-0.15, -0.1) is 0 Å². The van der Waals surface area contributed by atoms with Gasteiger partial charge in [-0.25, -0.2) is 0 Å². The number of aryl methyl sites for hydroxylation is 1. The Bertz CT molecular complexity index is 923. The third-order valence-corrected chi connectivity index (χ3v) is 4.08. The fourth-order valence-corrected chi connectivity index (χ4v) is 3.16. The van der Waals surface area contributed by atoms with Gasteiger partial charge in [-0.3, -0.25) is 14.9 Å². The molecule has 2 aromatic heterocycles. The number of carbonyl (C=O) groups excluding carboxylic acids is 1. The fourth-order valence-electron chi connectivity index (χ4n) is 2.03. The number of nitro benzene ring substituents is 1. The number of fused-ring (bicyclic) bond motifs is 1. The van der Waals surface area contributed by atoms with Crippen molar-refractivity contribution in [3.05, 3.63) is 51.1 Å². The molecule has 112 valence electrons. The molecular formula is C13H10N4O4S. The van der Waals surface area contributed by atoms with E-state index in [0.29, 0.717) is 16.0 Å². The second kappa shape index (κ2) is 5.53. The lowest BCUT2D eigenvalue weighted by Crippen LogP contribution is -2.15. The lowest BCUT2D eigenvalue weighted by atomic mass is 10.3. The number of hydrogen-bond donors (Lipinski definition) is 0. The Balaban J connectivity index is 2.17. The van der Waals surface area contributed by atoms with E-state index >= 15 is 0 Å². The zero-order valence-corrected chi connectivity index (χ0v) is 12.2. The summed E-state index contributed by atoms with van der Waals surface area (Å²) in [6.45, 7) is 2.49. The van der Waals surface area contributed by atoms with Crippen LogP contribution in [-0.4, -0.2) is 20.6 Å². The summed E-state index contributed by atoms with van der Waals surface area (Å²) in [5, 5.41) is 14.3. The summed E-state index contributed by atoms with van der Waals surface area (Å²) in [7, 11) is 0. The van der Waals surface area contributed by atoms with Crippen molar-refractivity contribution in [2.45, 2.75) is 13.5 Å². The van der Waals surface area contributed by atoms with Gasteiger partial charge in [0.25, 0.3) is 5.69 Å². The molecule has 0 atom stereocenters. The van der Waals surface area contributed by atoms with Crippen LogP contribution in [0.3, 0.4) is 0 Å². The number of aromatic nitrogens is 2. The van der Waals surface area contributed by atoms with Gasteiger partial charge in [0.05, 0.1) is 21.3 Å². The maximum absolute atomic E-state index is 12.0. The maximum Gasteiger partial charge on any atom is 0.318 e. The Hall–Kier alpha value is -2.81. The highest BCUT2D eigenvalue weighted by Crippen LogP contribution is 2.23. The van der Waals surface area contributed by atoms with Crippen LogP contribution in [0.1, 0.15) is 17.5 Å². The molecule has 0 aliphatic heterocycles. The highest BCUT2D eigenvalue weighted by Gasteiger charge is 2.13. The number of nitrogens with zero attached hydrogens (tertiary/aromatic N) is 4. The Morgan fingerprint density at radius 1 is 1.50 bits per heavy atom. The topological polar surface area (TPSA) is 104 Å². The van der Waals surface area contributed by atoms with Crippen molar-refractivity contribution in [3.8, 4) is 0 Å². The number of thiazole rings is 1. The zero-order chi connectivity index (χ0) is 15.7. The average molecular weight is 318 g/mol. The van der Waals surface area contributed by atoms with Gasteiger partial charge in [0, 0.05) is 24.7 Å². The third-order valence-electron chi connectivity index (χ3n) is 3.04. The molecule has 3 aromatic rings. The molecule has 0 fully saturated rings. The van der Waals surface area contributed by atoms with E-state index in [9.17, 15) is 14.9 Å². The first-order valence-electron chi connectivity index (χ1n) is 6.37. The second-order valence-corrected chi connectivity index (χ2v) is 5.34. The molecule has 0 aliphatic carbocycles. The number of non-ortho nitro benzene ring substituents is 1. The van der Waals surface area contributed by atoms with Crippen molar-refractivity contribution in [2.24, 2.45) is 4.99 Å². The van der Waals surface area contributed by atoms with Crippen LogP contribution in [-0.2, 0) is 6.54 Å². The van der Waals surface area contributed by atoms with Crippen LogP contribution < -0.4 is 4.80 Å². The van der Waals surface area contributed by atoms with Crippen LogP contribution in [0.4, 0.5) is 5.69 Å². The lowest BCUT2D eigenvalue weighted by molar-refractivity contribution is -0.384. The summed E-state index contributed by atoms with van der Waals surface area (Å²) in [6.07, 6.45) is 1.37. The van der Waals surface area contributed by atoms with E-state index in [1.54, 1.807) is 6.07 Å². The smallest absolute Gasteiger partial charge is 0.318 e. The number of hydrogen-bond acceptors (Lipinski definition) is 6. The molecule has 9 heteroatoms. The summed E-state index contributed by atoms with van der Waals surface area (Å²) in [5.74, 6) is -0.494. The van der Waals surface area contributed by atoms with Crippen LogP contribution in [0, 0.1) is 10.1 Å². The minimum Gasteiger partial charge on any atom is -0.351 e. The summed E-state index contributed by atoms with van der Waals surface area (Å²) in [6, 6.07) is 6.00. The van der Waals surface area contributed by atoms with Crippen LogP contribution >= 0.6 is 11.3 Å². The first-order chi connectivity index (χ1) is 10.6. The number of nitro groups is 1. The SMILES string of the molecule is CCn1c(=NC(=O)c2ccno2)sc2cc([N+](=O)[O-])ccc21. The zero-order valence-electron chi connectivity index (χ0n) is 11.4. The van der Waals surface area contributed by atoms with E-state index in [2.05, 4.69) is 10.1 Å². The van der Waals surface area contributed by atoms with Gasteiger partial charge in [0.15, 0.2) is 4.80 Å². The van der Waals surface area contributed by atoms with Crippen molar-refractivity contribution in [1.29, 1.82) is 0 Å². The van der Waals surface area contributed by atoms with E-state index in [0.717, 1.165) is 5.52 Å². The maximum atomic E-state index is 12.0. The monoisotopic (exact) mass is 318 g/mol. The number of carbonyl (C=O) groups is 1. The highest BCUT2D eigenvalue weighted by molar-refractivity contribution is 7.16. The largest absolute Gasteiger partial charge is 0.351 e. The van der Waals surface area contributed by atoms with E-state index in [4.69, 9.17) is 4.52 Å². The molecule has 0 unspecified atom stereocenters. The molecule has 0 aliphatic rings. The average Bonchev–Trinajstić information content (AvgIpc) is 3.13. The quantitative estimate of drug-likeness (QED) is 0.544. The van der Waals surface area contributed by atoms with Gasteiger partial charge in [0.2, 0.25) is 5.76 Å². The lowest BCUT2D eigenvalue weighted by Gasteiger charge is -1.99. The van der Waals surface area contributed by atoms with E-state index in [-0.39, 0.29) is 11.4 Å². The van der Waals surface area contributed by atoms with E-state index in [1.807, 2.05) is 11.5 Å². The molecule has 8 nitrogen and oxygen atoms in total. The normalized spacial score (nSPS) is 12.0. The third kappa shape index (κ3) is 2.42. The first kappa shape index (κ1) is 14.1. The molecule has 22 heavy (non-hydrogen) atoms. The van der Waals surface area contributed by atoms with Crippen molar-refractivity contribution in [2.75, 3.05) is 0 Å². The van der Waals surface area contributed by atoms with Gasteiger partial charge >= 0.3 is 5.91 Å². The summed E-state index contributed by atoms with van der Waals surface area (Å²) in [5.41, 5.74) is 0.798. The molecule has 0 saturated carbocycles. The van der Waals surface area contributed by atoms with Crippen molar-refractivity contribution < 1.29 is 14.2 Å². The molecule has 1 aromatic carbocycles. The van der Waals surface area contributed by atoms with Gasteiger partial charge < -0.3 is 9.09 Å². The summed E-state index contributed by atoms with van der Waals surface area (Å²) < 4.78 is 7.29. The minimum atomic E-state index is -0.541. The predicted octanol–water partition coefficient (Wildman–Crippen LogP) is 2.36. The van der Waals surface area contributed by atoms with Gasteiger partial charge in [-0.2, -0.15) is 4.99 Å². The Kier molecular flexibility index (Phi) is 3.55. The summed E-state index contributed by atoms with van der Waals surface area (Å²) in [4.78, 5) is 26.9. The molecule has 2 heterocycles. The molecule has 1 amide bonds. The van der Waals surface area contributed by atoms with Gasteiger partial charge in [0.1, 0.15) is 0 Å². The van der Waals surface area contributed by atoms with Crippen LogP contribution in [0.25, 0.3) is 10.2 Å². The number of amides is 1. The Morgan fingerprint density at radius 2 is 2.32 bits per heavy atom. The molecule has 3 rings (SSSR count). The molecular weight excluding hydrogens is 308 g/mol. The molecule has 0 bridgehead atoms. The van der Waals surface area contributed by atoms with Crippen LogP contribution in [0.15, 0.2) is 40.0 Å². The van der Waals surface area contributed by atoms with Crippen molar-refractivity contribution >= 4 is 33.1 Å².